The number of nitrogens with one attached hydrogen (secondary N) is 1. The molecule has 3 nitrogen and oxygen atoms in total. The number of halogens is 2. The highest BCUT2D eigenvalue weighted by Crippen LogP contribution is 2.29. The molecule has 3 unspecified atom stereocenters. The summed E-state index contributed by atoms with van der Waals surface area (Å²) in [5.41, 5.74) is 9.77. The van der Waals surface area contributed by atoms with E-state index < -0.39 is 23.8 Å². The summed E-state index contributed by atoms with van der Waals surface area (Å²) in [6.07, 6.45) is 5.29. The molecular formula is C24H36F2N2O. The molecule has 2 rings (SSSR count). The third-order valence-corrected chi connectivity index (χ3v) is 5.03. The molecule has 1 aromatic carbocycles. The Bertz CT molecular complexity index is 695. The molecule has 5 heteroatoms. The van der Waals surface area contributed by atoms with E-state index in [1.165, 1.54) is 12.1 Å². The zero-order chi connectivity index (χ0) is 22.0. The molecular weight excluding hydrogens is 370 g/mol. The highest BCUT2D eigenvalue weighted by molar-refractivity contribution is 5.40. The van der Waals surface area contributed by atoms with Gasteiger partial charge in [-0.15, -0.1) is 0 Å². The first-order valence-corrected chi connectivity index (χ1v) is 10.5. The Labute approximate surface area is 174 Å². The smallest absolute Gasteiger partial charge is 0.126 e. The fourth-order valence-electron chi connectivity index (χ4n) is 3.35. The number of hydrogen-bond donors (Lipinski definition) is 3. The van der Waals surface area contributed by atoms with Crippen LogP contribution in [-0.2, 0) is 6.42 Å². The molecule has 162 valence electrons. The van der Waals surface area contributed by atoms with Crippen molar-refractivity contribution in [3.05, 3.63) is 71.4 Å². The SMILES string of the molecule is C=C(/C=C1\C(=C)CCCC1NCC(O)C(N)Cc1cc(F)cc(F)c1)CC.CC. The maximum absolute atomic E-state index is 13.3. The fraction of sp³-hybridized carbons (Fsp3) is 0.500. The maximum Gasteiger partial charge on any atom is 0.126 e. The number of aliphatic hydroxyl groups excluding tert-OH is 1. The number of rotatable bonds is 8. The van der Waals surface area contributed by atoms with Gasteiger partial charge in [0.25, 0.3) is 0 Å². The average molecular weight is 407 g/mol. The van der Waals surface area contributed by atoms with Gasteiger partial charge >= 0.3 is 0 Å². The Kier molecular flexibility index (Phi) is 11.0. The lowest BCUT2D eigenvalue weighted by molar-refractivity contribution is 0.138. The van der Waals surface area contributed by atoms with Gasteiger partial charge in [-0.2, -0.15) is 0 Å². The maximum atomic E-state index is 13.3. The average Bonchev–Trinajstić information content (AvgIpc) is 2.68. The van der Waals surface area contributed by atoms with E-state index in [-0.39, 0.29) is 12.5 Å². The van der Waals surface area contributed by atoms with Gasteiger partial charge in [-0.3, -0.25) is 0 Å². The molecule has 0 heterocycles. The zero-order valence-electron chi connectivity index (χ0n) is 18.0. The Hall–Kier alpha value is -1.82. The van der Waals surface area contributed by atoms with Gasteiger partial charge in [0.2, 0.25) is 0 Å². The van der Waals surface area contributed by atoms with E-state index in [4.69, 9.17) is 5.73 Å². The normalized spacial score (nSPS) is 20.0. The van der Waals surface area contributed by atoms with Gasteiger partial charge in [-0.25, -0.2) is 8.78 Å². The van der Waals surface area contributed by atoms with E-state index in [0.29, 0.717) is 12.1 Å². The van der Waals surface area contributed by atoms with Crippen molar-refractivity contribution in [2.75, 3.05) is 6.54 Å². The van der Waals surface area contributed by atoms with E-state index in [0.717, 1.165) is 48.5 Å². The summed E-state index contributed by atoms with van der Waals surface area (Å²) in [6.45, 7) is 14.6. The third-order valence-electron chi connectivity index (χ3n) is 5.03. The molecule has 1 fully saturated rings. The standard InChI is InChI=1S/C22H30F2N2O.C2H6/c1-4-14(2)8-19-15(3)6-5-7-21(19)26-13-22(27)20(25)11-16-9-17(23)12-18(24)10-16;1-2/h8-10,12,20-22,26-27H,2-7,11,13,25H2,1H3;1-2H3/b19-8+;. The monoisotopic (exact) mass is 406 g/mol. The minimum Gasteiger partial charge on any atom is -0.390 e. The topological polar surface area (TPSA) is 58.3 Å². The molecule has 4 N–H and O–H groups in total. The van der Waals surface area contributed by atoms with E-state index in [2.05, 4.69) is 31.5 Å². The van der Waals surface area contributed by atoms with Crippen LogP contribution in [0.1, 0.15) is 52.0 Å². The molecule has 0 spiro atoms. The van der Waals surface area contributed by atoms with Crippen molar-refractivity contribution >= 4 is 0 Å². The van der Waals surface area contributed by atoms with Gasteiger partial charge in [-0.1, -0.05) is 51.2 Å². The molecule has 1 saturated carbocycles. The van der Waals surface area contributed by atoms with Crippen molar-refractivity contribution in [2.45, 2.75) is 71.1 Å². The second kappa shape index (κ2) is 12.7. The van der Waals surface area contributed by atoms with Crippen LogP contribution in [0.25, 0.3) is 0 Å². The molecule has 1 aliphatic carbocycles. The second-order valence-corrected chi connectivity index (χ2v) is 7.28. The van der Waals surface area contributed by atoms with Crippen molar-refractivity contribution < 1.29 is 13.9 Å². The van der Waals surface area contributed by atoms with Crippen molar-refractivity contribution in [1.82, 2.24) is 5.32 Å². The summed E-state index contributed by atoms with van der Waals surface area (Å²) >= 11 is 0. The van der Waals surface area contributed by atoms with Crippen LogP contribution < -0.4 is 11.1 Å². The zero-order valence-corrected chi connectivity index (χ0v) is 18.0. The van der Waals surface area contributed by atoms with E-state index in [1.807, 2.05) is 13.8 Å². The lowest BCUT2D eigenvalue weighted by Gasteiger charge is -2.30. The minimum atomic E-state index is -0.831. The van der Waals surface area contributed by atoms with Gasteiger partial charge in [0.15, 0.2) is 0 Å². The van der Waals surface area contributed by atoms with Gasteiger partial charge in [-0.05, 0) is 55.4 Å². The Morgan fingerprint density at radius 3 is 2.52 bits per heavy atom. The van der Waals surface area contributed by atoms with Crippen LogP contribution in [0.4, 0.5) is 8.78 Å². The fourth-order valence-corrected chi connectivity index (χ4v) is 3.35. The first-order chi connectivity index (χ1) is 13.8. The van der Waals surface area contributed by atoms with Crippen molar-refractivity contribution in [3.8, 4) is 0 Å². The predicted molar refractivity (Wildman–Crippen MR) is 118 cm³/mol. The molecule has 0 saturated heterocycles. The Morgan fingerprint density at radius 2 is 1.93 bits per heavy atom. The summed E-state index contributed by atoms with van der Waals surface area (Å²) in [7, 11) is 0. The summed E-state index contributed by atoms with van der Waals surface area (Å²) in [5, 5.41) is 13.8. The number of nitrogens with two attached hydrogens (primary N) is 1. The number of hydrogen-bond acceptors (Lipinski definition) is 3. The van der Waals surface area contributed by atoms with Crippen LogP contribution in [0.15, 0.2) is 54.2 Å². The van der Waals surface area contributed by atoms with Gasteiger partial charge in [0.1, 0.15) is 11.6 Å². The van der Waals surface area contributed by atoms with Gasteiger partial charge < -0.3 is 16.2 Å². The van der Waals surface area contributed by atoms with Crippen LogP contribution in [0.2, 0.25) is 0 Å². The highest BCUT2D eigenvalue weighted by Gasteiger charge is 2.24. The summed E-state index contributed by atoms with van der Waals surface area (Å²) in [5.74, 6) is -1.28. The first-order valence-electron chi connectivity index (χ1n) is 10.5. The molecule has 0 aliphatic heterocycles. The Morgan fingerprint density at radius 1 is 1.31 bits per heavy atom. The van der Waals surface area contributed by atoms with Crippen molar-refractivity contribution in [3.63, 3.8) is 0 Å². The second-order valence-electron chi connectivity index (χ2n) is 7.28. The molecule has 0 amide bonds. The third kappa shape index (κ3) is 8.21. The number of allylic oxidation sites excluding steroid dienone is 2. The van der Waals surface area contributed by atoms with Gasteiger partial charge in [0, 0.05) is 24.7 Å². The largest absolute Gasteiger partial charge is 0.390 e. The number of benzene rings is 1. The quantitative estimate of drug-likeness (QED) is 0.580. The molecule has 1 aliphatic rings. The van der Waals surface area contributed by atoms with Crippen LogP contribution in [-0.4, -0.2) is 29.8 Å². The van der Waals surface area contributed by atoms with Gasteiger partial charge in [0.05, 0.1) is 6.10 Å². The van der Waals surface area contributed by atoms with Crippen LogP contribution in [0.5, 0.6) is 0 Å². The van der Waals surface area contributed by atoms with E-state index >= 15 is 0 Å². The molecule has 0 bridgehead atoms. The van der Waals surface area contributed by atoms with Crippen LogP contribution in [0.3, 0.4) is 0 Å². The molecule has 0 aromatic heterocycles. The Balaban J connectivity index is 0.00000204. The summed E-state index contributed by atoms with van der Waals surface area (Å²) < 4.78 is 26.6. The molecule has 29 heavy (non-hydrogen) atoms. The molecule has 3 atom stereocenters. The summed E-state index contributed by atoms with van der Waals surface area (Å²) in [4.78, 5) is 0. The highest BCUT2D eigenvalue weighted by atomic mass is 19.1. The van der Waals surface area contributed by atoms with E-state index in [9.17, 15) is 13.9 Å². The van der Waals surface area contributed by atoms with Crippen molar-refractivity contribution in [1.29, 1.82) is 0 Å². The van der Waals surface area contributed by atoms with Crippen molar-refractivity contribution in [2.24, 2.45) is 5.73 Å². The minimum absolute atomic E-state index is 0.100. The lowest BCUT2D eigenvalue weighted by Crippen LogP contribution is -2.46. The predicted octanol–water partition coefficient (Wildman–Crippen LogP) is 4.81. The number of aliphatic hydroxyl groups is 1. The first kappa shape index (κ1) is 25.2. The molecule has 1 aromatic rings. The lowest BCUT2D eigenvalue weighted by atomic mass is 9.85. The summed E-state index contributed by atoms with van der Waals surface area (Å²) in [6, 6.07) is 2.78. The van der Waals surface area contributed by atoms with Crippen LogP contribution >= 0.6 is 0 Å². The van der Waals surface area contributed by atoms with E-state index in [1.54, 1.807) is 0 Å². The molecule has 0 radical (unpaired) electrons. The van der Waals surface area contributed by atoms with Crippen LogP contribution in [0, 0.1) is 11.6 Å².